The lowest BCUT2D eigenvalue weighted by Gasteiger charge is -2.14. The van der Waals surface area contributed by atoms with E-state index >= 15 is 0 Å². The number of allylic oxidation sites excluding steroid dienone is 6. The fourth-order valence-electron chi connectivity index (χ4n) is 1.62. The third-order valence-corrected chi connectivity index (χ3v) is 3.49. The molecule has 0 fully saturated rings. The molecule has 0 radical (unpaired) electrons. The molecule has 1 aliphatic rings. The minimum absolute atomic E-state index is 0.563. The molecule has 0 unspecified atom stereocenters. The Morgan fingerprint density at radius 3 is 2.59 bits per heavy atom. The number of nitrogens with zero attached hydrogens (tertiary/aromatic N) is 1. The van der Waals surface area contributed by atoms with Crippen molar-refractivity contribution >= 4 is 17.5 Å². The summed E-state index contributed by atoms with van der Waals surface area (Å²) in [6.07, 6.45) is 8.27. The lowest BCUT2D eigenvalue weighted by molar-refractivity contribution is 1.12. The third-order valence-electron chi connectivity index (χ3n) is 2.43. The van der Waals surface area contributed by atoms with Gasteiger partial charge in [0.05, 0.1) is 5.71 Å². The van der Waals surface area contributed by atoms with Gasteiger partial charge in [0.15, 0.2) is 0 Å². The summed E-state index contributed by atoms with van der Waals surface area (Å²) >= 11 is 1.81. The van der Waals surface area contributed by atoms with Crippen molar-refractivity contribution < 1.29 is 0 Å². The highest BCUT2D eigenvalue weighted by atomic mass is 32.2. The van der Waals surface area contributed by atoms with Crippen LogP contribution in [0.2, 0.25) is 0 Å². The smallest absolute Gasteiger partial charge is 0.0649 e. The van der Waals surface area contributed by atoms with Gasteiger partial charge in [-0.25, -0.2) is 0 Å². The van der Waals surface area contributed by atoms with E-state index in [0.29, 0.717) is 5.25 Å². The summed E-state index contributed by atoms with van der Waals surface area (Å²) in [5.41, 5.74) is 3.50. The molecular formula is C15H21NS. The predicted octanol–water partition coefficient (Wildman–Crippen LogP) is 4.55. The third kappa shape index (κ3) is 4.04. The number of thioether (sulfide) groups is 1. The van der Waals surface area contributed by atoms with E-state index in [4.69, 9.17) is 0 Å². The number of hydrogen-bond acceptors (Lipinski definition) is 2. The molecule has 0 aromatic heterocycles. The first-order chi connectivity index (χ1) is 8.06. The molecule has 17 heavy (non-hydrogen) atoms. The summed E-state index contributed by atoms with van der Waals surface area (Å²) in [6.45, 7) is 13.5. The summed E-state index contributed by atoms with van der Waals surface area (Å²) in [5.74, 6) is 0. The van der Waals surface area contributed by atoms with Crippen molar-refractivity contribution in [3.8, 4) is 0 Å². The molecule has 0 aromatic carbocycles. The van der Waals surface area contributed by atoms with Crippen LogP contribution in [0.3, 0.4) is 0 Å². The molecule has 92 valence electrons. The van der Waals surface area contributed by atoms with Gasteiger partial charge in [-0.1, -0.05) is 38.7 Å². The average molecular weight is 247 g/mol. The van der Waals surface area contributed by atoms with Gasteiger partial charge in [-0.2, -0.15) is 0 Å². The summed E-state index contributed by atoms with van der Waals surface area (Å²) in [4.78, 5) is 5.66. The van der Waals surface area contributed by atoms with E-state index < -0.39 is 0 Å². The van der Waals surface area contributed by atoms with Gasteiger partial charge >= 0.3 is 0 Å². The van der Waals surface area contributed by atoms with Crippen LogP contribution < -0.4 is 0 Å². The fraction of sp³-hybridized carbons (Fsp3) is 0.400. The molecule has 0 amide bonds. The molecule has 0 spiro atoms. The topological polar surface area (TPSA) is 12.4 Å². The van der Waals surface area contributed by atoms with Crippen LogP contribution in [0.5, 0.6) is 0 Å². The maximum absolute atomic E-state index is 4.52. The molecule has 0 heterocycles. The first-order valence-corrected chi connectivity index (χ1v) is 6.90. The Bertz CT molecular complexity index is 409. The Morgan fingerprint density at radius 2 is 2.00 bits per heavy atom. The second-order valence-electron chi connectivity index (χ2n) is 4.21. The highest BCUT2D eigenvalue weighted by molar-refractivity contribution is 8.03. The van der Waals surface area contributed by atoms with Crippen molar-refractivity contribution in [2.24, 2.45) is 4.99 Å². The molecule has 0 aromatic rings. The van der Waals surface area contributed by atoms with Crippen molar-refractivity contribution in [1.29, 1.82) is 0 Å². The number of rotatable bonds is 4. The van der Waals surface area contributed by atoms with Crippen LogP contribution in [-0.4, -0.2) is 17.5 Å². The van der Waals surface area contributed by atoms with E-state index in [0.717, 1.165) is 17.2 Å². The van der Waals surface area contributed by atoms with Crippen molar-refractivity contribution in [2.45, 2.75) is 32.9 Å². The zero-order valence-electron chi connectivity index (χ0n) is 11.2. The maximum Gasteiger partial charge on any atom is 0.0649 e. The largest absolute Gasteiger partial charge is 0.285 e. The van der Waals surface area contributed by atoms with Gasteiger partial charge in [0.1, 0.15) is 0 Å². The molecule has 0 N–H and O–H groups in total. The molecule has 0 saturated heterocycles. The van der Waals surface area contributed by atoms with Gasteiger partial charge in [-0.05, 0) is 25.5 Å². The zero-order chi connectivity index (χ0) is 12.8. The summed E-state index contributed by atoms with van der Waals surface area (Å²) in [6, 6.07) is 0. The molecule has 1 rings (SSSR count). The molecule has 0 bridgehead atoms. The van der Waals surface area contributed by atoms with Crippen LogP contribution in [0.4, 0.5) is 0 Å². The van der Waals surface area contributed by atoms with Crippen LogP contribution in [0.1, 0.15) is 27.7 Å². The Morgan fingerprint density at radius 1 is 1.35 bits per heavy atom. The minimum atomic E-state index is 0.563. The maximum atomic E-state index is 4.52. The molecular weight excluding hydrogens is 226 g/mol. The van der Waals surface area contributed by atoms with Crippen LogP contribution in [0.25, 0.3) is 0 Å². The van der Waals surface area contributed by atoms with Gasteiger partial charge in [0.2, 0.25) is 0 Å². The van der Waals surface area contributed by atoms with Crippen molar-refractivity contribution in [1.82, 2.24) is 0 Å². The normalized spacial score (nSPS) is 20.2. The fourth-order valence-corrected chi connectivity index (χ4v) is 2.48. The molecule has 2 heteroatoms. The van der Waals surface area contributed by atoms with Gasteiger partial charge in [-0.15, -0.1) is 11.8 Å². The molecule has 0 aliphatic heterocycles. The number of aliphatic imine (C=N–C) groups is 1. The zero-order valence-corrected chi connectivity index (χ0v) is 12.0. The Kier molecular flexibility index (Phi) is 5.49. The SMILES string of the molecule is C=C(SC(C)C)/C(C)=C1\C=CC=CC1=NCC. The number of hydrogen-bond donors (Lipinski definition) is 0. The lowest BCUT2D eigenvalue weighted by atomic mass is 10.00. The first-order valence-electron chi connectivity index (χ1n) is 6.02. The monoisotopic (exact) mass is 247 g/mol. The van der Waals surface area contributed by atoms with Crippen molar-refractivity contribution in [3.05, 3.63) is 46.9 Å². The summed E-state index contributed by atoms with van der Waals surface area (Å²) in [7, 11) is 0. The molecule has 1 nitrogen and oxygen atoms in total. The highest BCUT2D eigenvalue weighted by Crippen LogP contribution is 2.29. The molecule has 0 atom stereocenters. The van der Waals surface area contributed by atoms with Gasteiger partial charge in [-0.3, -0.25) is 4.99 Å². The van der Waals surface area contributed by atoms with Gasteiger partial charge in [0.25, 0.3) is 0 Å². The predicted molar refractivity (Wildman–Crippen MR) is 80.8 cm³/mol. The first kappa shape index (κ1) is 14.0. The second-order valence-corrected chi connectivity index (χ2v) is 5.88. The second kappa shape index (κ2) is 6.65. The van der Waals surface area contributed by atoms with E-state index in [9.17, 15) is 0 Å². The highest BCUT2D eigenvalue weighted by Gasteiger charge is 2.11. The summed E-state index contributed by atoms with van der Waals surface area (Å²) in [5, 5.41) is 0.563. The summed E-state index contributed by atoms with van der Waals surface area (Å²) < 4.78 is 0. The van der Waals surface area contributed by atoms with Crippen LogP contribution in [0, 0.1) is 0 Å². The van der Waals surface area contributed by atoms with E-state index in [2.05, 4.69) is 57.5 Å². The van der Waals surface area contributed by atoms with E-state index in [-0.39, 0.29) is 0 Å². The molecule has 1 aliphatic carbocycles. The van der Waals surface area contributed by atoms with Crippen LogP contribution in [0.15, 0.2) is 51.9 Å². The van der Waals surface area contributed by atoms with Crippen molar-refractivity contribution in [2.75, 3.05) is 6.54 Å². The van der Waals surface area contributed by atoms with Crippen molar-refractivity contribution in [3.63, 3.8) is 0 Å². The van der Waals surface area contributed by atoms with E-state index in [1.54, 1.807) is 0 Å². The van der Waals surface area contributed by atoms with E-state index in [1.807, 2.05) is 17.8 Å². The minimum Gasteiger partial charge on any atom is -0.285 e. The Balaban J connectivity index is 3.01. The van der Waals surface area contributed by atoms with E-state index in [1.165, 1.54) is 11.1 Å². The van der Waals surface area contributed by atoms with Crippen LogP contribution >= 0.6 is 11.8 Å². The van der Waals surface area contributed by atoms with Gasteiger partial charge in [0, 0.05) is 22.3 Å². The van der Waals surface area contributed by atoms with Gasteiger partial charge < -0.3 is 0 Å². The Labute approximate surface area is 109 Å². The standard InChI is InChI=1S/C15H21NS/c1-6-16-15-10-8-7-9-14(15)12(4)13(5)17-11(2)3/h7-11H,5-6H2,1-4H3/b14-12+,16-15?. The average Bonchev–Trinajstić information content (AvgIpc) is 2.28. The lowest BCUT2D eigenvalue weighted by Crippen LogP contribution is -2.04. The quantitative estimate of drug-likeness (QED) is 0.710. The Hall–Kier alpha value is -1.02. The molecule has 0 saturated carbocycles. The van der Waals surface area contributed by atoms with Crippen LogP contribution in [-0.2, 0) is 0 Å².